The predicted octanol–water partition coefficient (Wildman–Crippen LogP) is 2.23. The zero-order valence-corrected chi connectivity index (χ0v) is 16.2. The van der Waals surface area contributed by atoms with Gasteiger partial charge in [-0.15, -0.1) is 0 Å². The van der Waals surface area contributed by atoms with E-state index in [1.54, 1.807) is 0 Å². The van der Waals surface area contributed by atoms with Crippen LogP contribution in [0.1, 0.15) is 15.9 Å². The van der Waals surface area contributed by atoms with Crippen molar-refractivity contribution in [2.75, 3.05) is 32.2 Å². The summed E-state index contributed by atoms with van der Waals surface area (Å²) < 4.78 is 17.8. The van der Waals surface area contributed by atoms with Crippen LogP contribution in [0.25, 0.3) is 0 Å². The molecule has 0 aromatic heterocycles. The molecule has 2 saturated heterocycles. The summed E-state index contributed by atoms with van der Waals surface area (Å²) in [5.41, 5.74) is 2.80. The van der Waals surface area contributed by atoms with Gasteiger partial charge in [-0.1, -0.05) is 30.3 Å². The average Bonchev–Trinajstić information content (AvgIpc) is 3.30. The molecule has 0 spiro atoms. The van der Waals surface area contributed by atoms with Gasteiger partial charge in [0.25, 0.3) is 5.91 Å². The third kappa shape index (κ3) is 4.04. The molecule has 0 aliphatic carbocycles. The van der Waals surface area contributed by atoms with Crippen molar-refractivity contribution in [3.8, 4) is 0 Å². The van der Waals surface area contributed by atoms with Crippen LogP contribution in [-0.2, 0) is 20.8 Å². The van der Waals surface area contributed by atoms with Crippen molar-refractivity contribution in [3.05, 3.63) is 65.7 Å². The molecule has 4 rings (SSSR count). The molecule has 2 aliphatic rings. The van der Waals surface area contributed by atoms with Crippen molar-refractivity contribution in [2.45, 2.75) is 31.0 Å². The van der Waals surface area contributed by atoms with Gasteiger partial charge in [-0.2, -0.15) is 0 Å². The number of hydrogen-bond acceptors (Lipinski definition) is 5. The number of hydrogen-bond donors (Lipinski definition) is 1. The minimum atomic E-state index is -0.175. The molecular formula is C22H26N2O4. The maximum atomic E-state index is 12.6. The van der Waals surface area contributed by atoms with Crippen molar-refractivity contribution in [1.82, 2.24) is 5.32 Å². The molecule has 2 aromatic carbocycles. The summed E-state index contributed by atoms with van der Waals surface area (Å²) in [6.07, 6.45) is -0.442. The Morgan fingerprint density at radius 3 is 2.46 bits per heavy atom. The fraction of sp³-hybridized carbons (Fsp3) is 0.409. The highest BCUT2D eigenvalue weighted by molar-refractivity contribution is 5.94. The van der Waals surface area contributed by atoms with Gasteiger partial charge >= 0.3 is 0 Å². The Kier molecular flexibility index (Phi) is 5.62. The number of amides is 1. The topological polar surface area (TPSA) is 60.0 Å². The van der Waals surface area contributed by atoms with Gasteiger partial charge in [-0.25, -0.2) is 0 Å². The average molecular weight is 382 g/mol. The summed E-state index contributed by atoms with van der Waals surface area (Å²) in [5, 5.41) is 3.05. The first-order valence-corrected chi connectivity index (χ1v) is 9.59. The summed E-state index contributed by atoms with van der Waals surface area (Å²) in [6.45, 7) is 1.44. The molecule has 1 amide bonds. The molecule has 0 bridgehead atoms. The van der Waals surface area contributed by atoms with E-state index in [2.05, 4.69) is 5.32 Å². The van der Waals surface area contributed by atoms with Crippen molar-refractivity contribution < 1.29 is 19.0 Å². The highest BCUT2D eigenvalue weighted by Crippen LogP contribution is 2.29. The van der Waals surface area contributed by atoms with Crippen molar-refractivity contribution >= 4 is 11.6 Å². The monoisotopic (exact) mass is 382 g/mol. The highest BCUT2D eigenvalue weighted by Gasteiger charge is 2.48. The lowest BCUT2D eigenvalue weighted by molar-refractivity contribution is -0.0392. The Labute approximate surface area is 165 Å². The SMILES string of the molecule is CN(C)c1ccc(C(=O)NC2COC3C(OCc4ccccc4)COC23)cc1. The second-order valence-corrected chi connectivity index (χ2v) is 7.45. The third-order valence-corrected chi connectivity index (χ3v) is 5.28. The van der Waals surface area contributed by atoms with Gasteiger partial charge in [0, 0.05) is 25.3 Å². The first kappa shape index (κ1) is 18.9. The van der Waals surface area contributed by atoms with Crippen molar-refractivity contribution in [2.24, 2.45) is 0 Å². The van der Waals surface area contributed by atoms with Crippen LogP contribution in [0.2, 0.25) is 0 Å². The van der Waals surface area contributed by atoms with Crippen molar-refractivity contribution in [1.29, 1.82) is 0 Å². The Hall–Kier alpha value is -2.41. The molecule has 6 heteroatoms. The number of benzene rings is 2. The number of nitrogens with zero attached hydrogens (tertiary/aromatic N) is 1. The lowest BCUT2D eigenvalue weighted by Crippen LogP contribution is -2.44. The summed E-state index contributed by atoms with van der Waals surface area (Å²) >= 11 is 0. The van der Waals surface area contributed by atoms with E-state index in [-0.39, 0.29) is 30.3 Å². The molecule has 4 unspecified atom stereocenters. The number of ether oxygens (including phenoxy) is 3. The minimum Gasteiger partial charge on any atom is -0.378 e. The van der Waals surface area contributed by atoms with E-state index in [9.17, 15) is 4.79 Å². The van der Waals surface area contributed by atoms with Crippen LogP contribution in [-0.4, -0.2) is 57.6 Å². The van der Waals surface area contributed by atoms with Crippen molar-refractivity contribution in [3.63, 3.8) is 0 Å². The van der Waals surface area contributed by atoms with Crippen LogP contribution in [0.3, 0.4) is 0 Å². The van der Waals surface area contributed by atoms with Gasteiger partial charge in [-0.3, -0.25) is 4.79 Å². The lowest BCUT2D eigenvalue weighted by atomic mass is 10.1. The van der Waals surface area contributed by atoms with Crippen LogP contribution in [0.5, 0.6) is 0 Å². The van der Waals surface area contributed by atoms with Gasteiger partial charge in [0.05, 0.1) is 25.9 Å². The molecule has 1 N–H and O–H groups in total. The van der Waals surface area contributed by atoms with E-state index in [1.807, 2.05) is 73.6 Å². The van der Waals surface area contributed by atoms with Crippen LogP contribution in [0.4, 0.5) is 5.69 Å². The van der Waals surface area contributed by atoms with Crippen LogP contribution >= 0.6 is 0 Å². The van der Waals surface area contributed by atoms with E-state index in [4.69, 9.17) is 14.2 Å². The summed E-state index contributed by atoms with van der Waals surface area (Å²) in [6, 6.07) is 17.4. The van der Waals surface area contributed by atoms with E-state index < -0.39 is 0 Å². The maximum Gasteiger partial charge on any atom is 0.251 e. The standard InChI is InChI=1S/C22H26N2O4/c1-24(2)17-10-8-16(9-11-17)22(25)23-18-13-27-21-19(14-28-20(18)21)26-12-15-6-4-3-5-7-15/h3-11,18-21H,12-14H2,1-2H3,(H,23,25). The van der Waals surface area contributed by atoms with Gasteiger partial charge in [0.2, 0.25) is 0 Å². The molecule has 148 valence electrons. The molecule has 6 nitrogen and oxygen atoms in total. The normalized spacial score (nSPS) is 26.1. The van der Waals surface area contributed by atoms with E-state index in [1.165, 1.54) is 0 Å². The highest BCUT2D eigenvalue weighted by atomic mass is 16.6. The zero-order chi connectivity index (χ0) is 19.5. The molecule has 2 fully saturated rings. The number of fused-ring (bicyclic) bond motifs is 1. The first-order chi connectivity index (χ1) is 13.6. The molecule has 0 radical (unpaired) electrons. The second-order valence-electron chi connectivity index (χ2n) is 7.45. The maximum absolute atomic E-state index is 12.6. The fourth-order valence-corrected chi connectivity index (χ4v) is 3.67. The molecular weight excluding hydrogens is 356 g/mol. The number of anilines is 1. The van der Waals surface area contributed by atoms with Crippen LogP contribution < -0.4 is 10.2 Å². The Morgan fingerprint density at radius 1 is 1.04 bits per heavy atom. The number of carbonyl (C=O) groups excluding carboxylic acids is 1. The number of rotatable bonds is 6. The summed E-state index contributed by atoms with van der Waals surface area (Å²) in [7, 11) is 3.94. The zero-order valence-electron chi connectivity index (χ0n) is 16.2. The van der Waals surface area contributed by atoms with Gasteiger partial charge in [0.1, 0.15) is 18.3 Å². The predicted molar refractivity (Wildman–Crippen MR) is 107 cm³/mol. The summed E-state index contributed by atoms with van der Waals surface area (Å²) in [5.74, 6) is -0.114. The fourth-order valence-electron chi connectivity index (χ4n) is 3.67. The number of carbonyl (C=O) groups is 1. The smallest absolute Gasteiger partial charge is 0.251 e. The van der Waals surface area contributed by atoms with Gasteiger partial charge in [-0.05, 0) is 29.8 Å². The Balaban J connectivity index is 1.32. The summed E-state index contributed by atoms with van der Waals surface area (Å²) in [4.78, 5) is 14.6. The largest absolute Gasteiger partial charge is 0.378 e. The molecule has 4 atom stereocenters. The Morgan fingerprint density at radius 2 is 1.75 bits per heavy atom. The van der Waals surface area contributed by atoms with E-state index >= 15 is 0 Å². The van der Waals surface area contributed by atoms with Crippen LogP contribution in [0.15, 0.2) is 54.6 Å². The molecule has 0 saturated carbocycles. The third-order valence-electron chi connectivity index (χ3n) is 5.28. The van der Waals surface area contributed by atoms with Crippen LogP contribution in [0, 0.1) is 0 Å². The van der Waals surface area contributed by atoms with E-state index in [0.29, 0.717) is 25.4 Å². The molecule has 2 aromatic rings. The Bertz CT molecular complexity index is 794. The van der Waals surface area contributed by atoms with E-state index in [0.717, 1.165) is 11.3 Å². The van der Waals surface area contributed by atoms with Gasteiger partial charge in [0.15, 0.2) is 0 Å². The lowest BCUT2D eigenvalue weighted by Gasteiger charge is -2.18. The minimum absolute atomic E-state index is 0.114. The second kappa shape index (κ2) is 8.31. The molecule has 2 aliphatic heterocycles. The quantitative estimate of drug-likeness (QED) is 0.830. The molecule has 28 heavy (non-hydrogen) atoms. The van der Waals surface area contributed by atoms with Gasteiger partial charge < -0.3 is 24.4 Å². The number of nitrogens with one attached hydrogen (secondary N) is 1. The first-order valence-electron chi connectivity index (χ1n) is 9.59. The molecule has 2 heterocycles.